The Kier molecular flexibility index (Phi) is 4.89. The Hall–Kier alpha value is -2.55. The van der Waals surface area contributed by atoms with E-state index in [1.807, 2.05) is 0 Å². The summed E-state index contributed by atoms with van der Waals surface area (Å²) in [6.45, 7) is 4.93. The third-order valence-electron chi connectivity index (χ3n) is 10.9. The van der Waals surface area contributed by atoms with Crippen LogP contribution in [-0.4, -0.2) is 6.94 Å². The van der Waals surface area contributed by atoms with E-state index in [0.717, 1.165) is 0 Å². The van der Waals surface area contributed by atoms with Gasteiger partial charge in [0.1, 0.15) is 0 Å². The monoisotopic (exact) mass is 666 g/mol. The summed E-state index contributed by atoms with van der Waals surface area (Å²) in [5, 5.41) is 0. The van der Waals surface area contributed by atoms with Gasteiger partial charge in [-0.15, -0.1) is 0 Å². The van der Waals surface area contributed by atoms with Crippen molar-refractivity contribution in [2.45, 2.75) is 32.5 Å². The molecule has 2 aliphatic rings. The van der Waals surface area contributed by atoms with Crippen molar-refractivity contribution >= 4 is 19.1 Å². The van der Waals surface area contributed by atoms with Gasteiger partial charge in [-0.1, -0.05) is 0 Å². The van der Waals surface area contributed by atoms with Gasteiger partial charge in [0.15, 0.2) is 0 Å². The molecule has 6 rings (SSSR count). The summed E-state index contributed by atoms with van der Waals surface area (Å²) in [6, 6.07) is 35.8. The van der Waals surface area contributed by atoms with Gasteiger partial charge in [0, 0.05) is 0 Å². The summed E-state index contributed by atoms with van der Waals surface area (Å²) < 4.78 is 10.4. The molecule has 2 atom stereocenters. The molecule has 0 aliphatic heterocycles. The number of hydrogen-bond acceptors (Lipinski definition) is 0. The van der Waals surface area contributed by atoms with Gasteiger partial charge < -0.3 is 0 Å². The number of benzene rings is 4. The quantitative estimate of drug-likeness (QED) is 0.186. The van der Waals surface area contributed by atoms with Crippen molar-refractivity contribution in [2.75, 3.05) is 0 Å². The van der Waals surface area contributed by atoms with E-state index >= 15 is 0 Å². The molecule has 0 heterocycles. The minimum absolute atomic E-state index is 0.437. The van der Waals surface area contributed by atoms with E-state index in [-0.39, 0.29) is 0 Å². The van der Waals surface area contributed by atoms with Crippen molar-refractivity contribution in [3.63, 3.8) is 0 Å². The summed E-state index contributed by atoms with van der Waals surface area (Å²) in [4.78, 5) is 0. The zero-order valence-corrected chi connectivity index (χ0v) is 27.6. The Morgan fingerprint density at radius 1 is 0.568 bits per heavy atom. The molecule has 0 spiro atoms. The van der Waals surface area contributed by atoms with Gasteiger partial charge in [-0.2, -0.15) is 0 Å². The third-order valence-corrected chi connectivity index (χ3v) is 60.4. The summed E-state index contributed by atoms with van der Waals surface area (Å²) in [7, 11) is 0. The molecule has 2 unspecified atom stereocenters. The molecule has 0 radical (unpaired) electrons. The van der Waals surface area contributed by atoms with Gasteiger partial charge in [0.05, 0.1) is 0 Å². The zero-order chi connectivity index (χ0) is 26.0. The van der Waals surface area contributed by atoms with Crippen LogP contribution in [0, 0.1) is 0 Å². The Bertz CT molecular complexity index is 1620. The minimum atomic E-state index is -4.74. The molecule has 0 bridgehead atoms. The van der Waals surface area contributed by atoms with Gasteiger partial charge in [-0.05, 0) is 0 Å². The molecule has 2 heteroatoms. The molecule has 0 saturated carbocycles. The molecule has 37 heavy (non-hydrogen) atoms. The fraction of sp³-hybridized carbons (Fsp3) is 0.200. The topological polar surface area (TPSA) is 0 Å². The van der Waals surface area contributed by atoms with Gasteiger partial charge in [0.25, 0.3) is 0 Å². The Labute approximate surface area is 218 Å². The van der Waals surface area contributed by atoms with E-state index in [2.05, 4.69) is 149 Å². The van der Waals surface area contributed by atoms with Crippen LogP contribution in [0.2, 0.25) is 18.2 Å². The zero-order valence-electron chi connectivity index (χ0n) is 22.6. The first-order valence-corrected chi connectivity index (χ1v) is 39.6. The van der Waals surface area contributed by atoms with Crippen LogP contribution in [0.25, 0.3) is 34.4 Å². The van der Waals surface area contributed by atoms with Crippen molar-refractivity contribution < 1.29 is 14.2 Å². The molecule has 0 saturated heterocycles. The Morgan fingerprint density at radius 3 is 1.35 bits per heavy atom. The van der Waals surface area contributed by atoms with E-state index in [1.54, 1.807) is 0 Å². The predicted octanol–water partition coefficient (Wildman–Crippen LogP) is 9.75. The van der Waals surface area contributed by atoms with Crippen molar-refractivity contribution in [3.8, 4) is 22.3 Å². The van der Waals surface area contributed by atoms with Gasteiger partial charge >= 0.3 is 219 Å². The Morgan fingerprint density at radius 2 is 0.973 bits per heavy atom. The molecule has 186 valence electrons. The average Bonchev–Trinajstić information content (AvgIpc) is 3.56. The van der Waals surface area contributed by atoms with Crippen LogP contribution in [0.15, 0.2) is 109 Å². The van der Waals surface area contributed by atoms with E-state index in [9.17, 15) is 0 Å². The predicted molar refractivity (Wildman–Crippen MR) is 164 cm³/mol. The van der Waals surface area contributed by atoms with Crippen molar-refractivity contribution in [2.24, 2.45) is 0 Å². The molecule has 0 N–H and O–H groups in total. The molecular weight excluding hydrogens is 627 g/mol. The average molecular weight is 665 g/mol. The van der Waals surface area contributed by atoms with Crippen LogP contribution in [0.1, 0.15) is 36.5 Å². The summed E-state index contributed by atoms with van der Waals surface area (Å²) in [5.74, 6) is 0. The maximum absolute atomic E-state index is 4.74. The number of allylic oxidation sites excluding steroid dienone is 2. The number of hydrogen-bond donors (Lipinski definition) is 0. The summed E-state index contributed by atoms with van der Waals surface area (Å²) >= 11 is -4.74. The molecule has 0 amide bonds. The van der Waals surface area contributed by atoms with Crippen LogP contribution in [0.5, 0.6) is 0 Å². The SMILES string of the molecule is C[CH2][Hf]([CH3])([CH3])([CH3])(=[SiH2])([CH]1C=Cc2c(-c3ccccc3)cccc21)[CH]1C=Cc2c(-c3ccccc3)cccc21. The first-order valence-electron chi connectivity index (χ1n) is 13.8. The second-order valence-electron chi connectivity index (χ2n) is 15.0. The molecule has 0 nitrogen and oxygen atoms in total. The first kappa shape index (κ1) is 24.8. The standard InChI is InChI=1S/2C15H11.C2H5.3CH3.Hf.H2Si/c2*1-2-6-12(7-3-1)14-10-4-8-13-9-5-11-15(13)14;1-2;;;;;/h2*1-11H;1H2,2H3;3*1H3;;1H2. The maximum atomic E-state index is 2.76. The van der Waals surface area contributed by atoms with Crippen LogP contribution in [-0.2, 0) is 14.2 Å². The van der Waals surface area contributed by atoms with E-state index in [4.69, 9.17) is 0 Å². The summed E-state index contributed by atoms with van der Waals surface area (Å²) in [5.41, 5.74) is 11.2. The molecule has 2 aliphatic carbocycles. The third kappa shape index (κ3) is 3.48. The number of fused-ring (bicyclic) bond motifs is 2. The summed E-state index contributed by atoms with van der Waals surface area (Å²) in [6.07, 6.45) is 10.1. The molecule has 0 aromatic heterocycles. The van der Waals surface area contributed by atoms with Crippen molar-refractivity contribution in [3.05, 3.63) is 131 Å². The van der Waals surface area contributed by atoms with E-state index < -0.39 is 14.2 Å². The van der Waals surface area contributed by atoms with Gasteiger partial charge in [-0.3, -0.25) is 0 Å². The van der Waals surface area contributed by atoms with Crippen LogP contribution < -0.4 is 0 Å². The van der Waals surface area contributed by atoms with E-state index in [1.165, 1.54) is 48.7 Å². The second-order valence-corrected chi connectivity index (χ2v) is 97.4. The number of rotatable bonds is 5. The molecule has 4 aromatic rings. The fourth-order valence-corrected chi connectivity index (χ4v) is 38.5. The van der Waals surface area contributed by atoms with Crippen molar-refractivity contribution in [1.82, 2.24) is 0 Å². The van der Waals surface area contributed by atoms with Gasteiger partial charge in [-0.25, -0.2) is 0 Å². The molecule has 4 aromatic carbocycles. The van der Waals surface area contributed by atoms with Crippen LogP contribution in [0.4, 0.5) is 0 Å². The van der Waals surface area contributed by atoms with Crippen LogP contribution in [0.3, 0.4) is 0 Å². The Balaban J connectivity index is 1.57. The van der Waals surface area contributed by atoms with E-state index in [0.29, 0.717) is 7.35 Å². The fourth-order valence-electron chi connectivity index (χ4n) is 7.56. The molecular formula is C35H38HfSi. The normalized spacial score (nSPS) is 20.9. The first-order chi connectivity index (χ1) is 17.5. The van der Waals surface area contributed by atoms with Crippen molar-refractivity contribution in [1.29, 1.82) is 0 Å². The van der Waals surface area contributed by atoms with Crippen LogP contribution >= 0.6 is 0 Å². The van der Waals surface area contributed by atoms with Gasteiger partial charge in [0.2, 0.25) is 0 Å². The second kappa shape index (κ2) is 7.30. The molecule has 0 fully saturated rings.